The van der Waals surface area contributed by atoms with Gasteiger partial charge in [0.25, 0.3) is 0 Å². The van der Waals surface area contributed by atoms with Crippen LogP contribution in [0.1, 0.15) is 52.4 Å². The predicted molar refractivity (Wildman–Crippen MR) is 60.4 cm³/mol. The molecule has 3 N–H and O–H groups in total. The fourth-order valence-electron chi connectivity index (χ4n) is 2.74. The van der Waals surface area contributed by atoms with Gasteiger partial charge in [0.15, 0.2) is 0 Å². The third kappa shape index (κ3) is 1.99. The summed E-state index contributed by atoms with van der Waals surface area (Å²) in [5.41, 5.74) is 1.79. The highest BCUT2D eigenvalue weighted by Gasteiger charge is 2.55. The first-order valence-corrected chi connectivity index (χ1v) is 6.35. The van der Waals surface area contributed by atoms with Crippen LogP contribution < -0.4 is 5.48 Å². The lowest BCUT2D eigenvalue weighted by Gasteiger charge is -2.41. The minimum atomic E-state index is -1.40. The molecule has 4 nitrogen and oxygen atoms in total. The molecule has 2 fully saturated rings. The van der Waals surface area contributed by atoms with Gasteiger partial charge in [-0.2, -0.15) is 5.48 Å². The van der Waals surface area contributed by atoms with Crippen molar-refractivity contribution in [2.75, 3.05) is 0 Å². The van der Waals surface area contributed by atoms with Crippen LogP contribution >= 0.6 is 0 Å². The van der Waals surface area contributed by atoms with E-state index in [0.717, 1.165) is 19.3 Å². The summed E-state index contributed by atoms with van der Waals surface area (Å²) in [5.74, 6) is -1.01. The van der Waals surface area contributed by atoms with E-state index < -0.39 is 11.4 Å². The maximum absolute atomic E-state index is 10.5. The lowest BCUT2D eigenvalue weighted by atomic mass is 9.76. The second-order valence-corrected chi connectivity index (χ2v) is 5.65. The summed E-state index contributed by atoms with van der Waals surface area (Å²) < 4.78 is 0. The summed E-state index contributed by atoms with van der Waals surface area (Å²) in [4.78, 5) is 5.31. The second kappa shape index (κ2) is 4.26. The van der Waals surface area contributed by atoms with E-state index in [1.165, 1.54) is 0 Å². The van der Waals surface area contributed by atoms with Crippen molar-refractivity contribution in [3.05, 3.63) is 0 Å². The number of rotatable bonds is 2. The van der Waals surface area contributed by atoms with E-state index in [1.807, 2.05) is 0 Å². The molecule has 1 saturated carbocycles. The van der Waals surface area contributed by atoms with Gasteiger partial charge in [-0.15, -0.1) is 0 Å². The number of aliphatic hydroxyl groups is 2. The average Bonchev–Trinajstić information content (AvgIpc) is 2.64. The average molecular weight is 229 g/mol. The molecular formula is C12H23NO3. The van der Waals surface area contributed by atoms with Crippen LogP contribution in [0.4, 0.5) is 0 Å². The Kier molecular flexibility index (Phi) is 3.27. The molecule has 1 aliphatic heterocycles. The van der Waals surface area contributed by atoms with E-state index in [1.54, 1.807) is 0 Å². The molecule has 0 amide bonds. The van der Waals surface area contributed by atoms with Crippen molar-refractivity contribution < 1.29 is 15.1 Å². The molecule has 0 aromatic heterocycles. The van der Waals surface area contributed by atoms with E-state index in [-0.39, 0.29) is 6.04 Å². The highest BCUT2D eigenvalue weighted by atomic mass is 16.8. The highest BCUT2D eigenvalue weighted by molar-refractivity contribution is 4.99. The standard InChI is InChI=1S/C12H23NO3/c1-9(2)10-8-12(15,16-13-10)11(14)6-4-3-5-7-11/h9-10,13-15H,3-8H2,1-2H3/t10-,12-/m0/s1. The van der Waals surface area contributed by atoms with Crippen LogP contribution in [0.15, 0.2) is 0 Å². The van der Waals surface area contributed by atoms with Crippen molar-refractivity contribution >= 4 is 0 Å². The zero-order chi connectivity index (χ0) is 11.8. The molecule has 0 aromatic carbocycles. The van der Waals surface area contributed by atoms with Gasteiger partial charge in [-0.25, -0.2) is 0 Å². The Morgan fingerprint density at radius 3 is 2.31 bits per heavy atom. The molecule has 0 aromatic rings. The zero-order valence-electron chi connectivity index (χ0n) is 10.2. The van der Waals surface area contributed by atoms with E-state index in [9.17, 15) is 10.2 Å². The van der Waals surface area contributed by atoms with Gasteiger partial charge in [0.05, 0.1) is 0 Å². The van der Waals surface area contributed by atoms with Crippen molar-refractivity contribution in [3.63, 3.8) is 0 Å². The van der Waals surface area contributed by atoms with Crippen LogP contribution in [0, 0.1) is 5.92 Å². The molecule has 4 heteroatoms. The van der Waals surface area contributed by atoms with Gasteiger partial charge in [-0.05, 0) is 18.8 Å². The van der Waals surface area contributed by atoms with Crippen LogP contribution in [0.3, 0.4) is 0 Å². The molecule has 0 spiro atoms. The SMILES string of the molecule is CC(C)[C@@H]1C[C@@](O)(C2(O)CCCCC2)ON1. The molecular weight excluding hydrogens is 206 g/mol. The van der Waals surface area contributed by atoms with Gasteiger partial charge in [0.1, 0.15) is 5.60 Å². The Labute approximate surface area is 96.9 Å². The molecule has 0 radical (unpaired) electrons. The number of hydrogen-bond acceptors (Lipinski definition) is 4. The molecule has 94 valence electrons. The van der Waals surface area contributed by atoms with Crippen LogP contribution in [0.5, 0.6) is 0 Å². The molecule has 1 saturated heterocycles. The normalized spacial score (nSPS) is 39.2. The predicted octanol–water partition coefficient (Wildman–Crippen LogP) is 1.32. The van der Waals surface area contributed by atoms with Crippen molar-refractivity contribution in [1.82, 2.24) is 5.48 Å². The van der Waals surface area contributed by atoms with Gasteiger partial charge >= 0.3 is 0 Å². The largest absolute Gasteiger partial charge is 0.384 e. The lowest BCUT2D eigenvalue weighted by Crippen LogP contribution is -2.55. The molecule has 2 aliphatic rings. The highest BCUT2D eigenvalue weighted by Crippen LogP contribution is 2.42. The summed E-state index contributed by atoms with van der Waals surface area (Å²) >= 11 is 0. The summed E-state index contributed by atoms with van der Waals surface area (Å²) in [5, 5.41) is 21.0. The molecule has 2 atom stereocenters. The Hall–Kier alpha value is -0.160. The van der Waals surface area contributed by atoms with Crippen molar-refractivity contribution in [2.45, 2.75) is 69.8 Å². The number of hydrogen-bond donors (Lipinski definition) is 3. The fraction of sp³-hybridized carbons (Fsp3) is 1.00. The molecule has 16 heavy (non-hydrogen) atoms. The lowest BCUT2D eigenvalue weighted by molar-refractivity contribution is -0.303. The van der Waals surface area contributed by atoms with Gasteiger partial charge in [0.2, 0.25) is 5.79 Å². The zero-order valence-corrected chi connectivity index (χ0v) is 10.2. The molecule has 0 bridgehead atoms. The maximum Gasteiger partial charge on any atom is 0.215 e. The summed E-state index contributed by atoms with van der Waals surface area (Å²) in [7, 11) is 0. The van der Waals surface area contributed by atoms with Crippen LogP contribution in [-0.4, -0.2) is 27.6 Å². The Balaban J connectivity index is 2.07. The van der Waals surface area contributed by atoms with Crippen molar-refractivity contribution in [2.24, 2.45) is 5.92 Å². The maximum atomic E-state index is 10.5. The van der Waals surface area contributed by atoms with E-state index in [0.29, 0.717) is 25.2 Å². The topological polar surface area (TPSA) is 61.7 Å². The quantitative estimate of drug-likeness (QED) is 0.668. The first-order valence-electron chi connectivity index (χ1n) is 6.35. The number of hydroxylamine groups is 1. The summed E-state index contributed by atoms with van der Waals surface area (Å²) in [6.45, 7) is 4.16. The first kappa shape index (κ1) is 12.3. The smallest absolute Gasteiger partial charge is 0.215 e. The van der Waals surface area contributed by atoms with Gasteiger partial charge in [-0.3, -0.25) is 4.84 Å². The van der Waals surface area contributed by atoms with Crippen LogP contribution in [0.25, 0.3) is 0 Å². The molecule has 0 unspecified atom stereocenters. The minimum Gasteiger partial charge on any atom is -0.384 e. The number of nitrogens with one attached hydrogen (secondary N) is 1. The summed E-state index contributed by atoms with van der Waals surface area (Å²) in [6, 6.07) is 0.121. The third-order valence-electron chi connectivity index (χ3n) is 4.09. The Bertz CT molecular complexity index is 251. The van der Waals surface area contributed by atoms with E-state index in [4.69, 9.17) is 4.84 Å². The monoisotopic (exact) mass is 229 g/mol. The van der Waals surface area contributed by atoms with Gasteiger partial charge in [0, 0.05) is 12.5 Å². The second-order valence-electron chi connectivity index (χ2n) is 5.65. The minimum absolute atomic E-state index is 0.121. The third-order valence-corrected chi connectivity index (χ3v) is 4.09. The van der Waals surface area contributed by atoms with Gasteiger partial charge < -0.3 is 10.2 Å². The molecule has 1 heterocycles. The molecule has 2 rings (SSSR count). The summed E-state index contributed by atoms with van der Waals surface area (Å²) in [6.07, 6.45) is 4.82. The van der Waals surface area contributed by atoms with Crippen LogP contribution in [-0.2, 0) is 4.84 Å². The Morgan fingerprint density at radius 1 is 1.19 bits per heavy atom. The van der Waals surface area contributed by atoms with Gasteiger partial charge in [-0.1, -0.05) is 33.1 Å². The van der Waals surface area contributed by atoms with Crippen molar-refractivity contribution in [3.8, 4) is 0 Å². The Morgan fingerprint density at radius 2 is 1.81 bits per heavy atom. The van der Waals surface area contributed by atoms with Crippen LogP contribution in [0.2, 0.25) is 0 Å². The van der Waals surface area contributed by atoms with E-state index >= 15 is 0 Å². The molecule has 1 aliphatic carbocycles. The first-order chi connectivity index (χ1) is 7.47. The fourth-order valence-corrected chi connectivity index (χ4v) is 2.74. The van der Waals surface area contributed by atoms with Crippen molar-refractivity contribution in [1.29, 1.82) is 0 Å². The van der Waals surface area contributed by atoms with E-state index in [2.05, 4.69) is 19.3 Å².